The second-order valence-corrected chi connectivity index (χ2v) is 10.1. The van der Waals surface area contributed by atoms with Gasteiger partial charge in [-0.2, -0.15) is 0 Å². The van der Waals surface area contributed by atoms with Crippen LogP contribution in [0.25, 0.3) is 11.3 Å². The van der Waals surface area contributed by atoms with Gasteiger partial charge in [0.15, 0.2) is 5.76 Å². The minimum atomic E-state index is -0.239. The first-order valence-corrected chi connectivity index (χ1v) is 10.6. The van der Waals surface area contributed by atoms with Crippen molar-refractivity contribution in [2.24, 2.45) is 5.41 Å². The van der Waals surface area contributed by atoms with Crippen molar-refractivity contribution >= 4 is 36.8 Å². The van der Waals surface area contributed by atoms with E-state index < -0.39 is 0 Å². The lowest BCUT2D eigenvalue weighted by Crippen LogP contribution is -2.06. The van der Waals surface area contributed by atoms with Gasteiger partial charge in [0, 0.05) is 16.0 Å². The zero-order valence-corrected chi connectivity index (χ0v) is 15.7. The van der Waals surface area contributed by atoms with E-state index in [1.54, 1.807) is 0 Å². The first-order chi connectivity index (χ1) is 11.5. The second kappa shape index (κ2) is 5.98. The molecule has 0 amide bonds. The summed E-state index contributed by atoms with van der Waals surface area (Å²) in [5.74, 6) is 1.01. The Morgan fingerprint density at radius 3 is 2.00 bits per heavy atom. The molecule has 0 saturated heterocycles. The van der Waals surface area contributed by atoms with Crippen LogP contribution >= 0.6 is 20.6 Å². The molecule has 24 heavy (non-hydrogen) atoms. The molecule has 0 saturated carbocycles. The largest absolute Gasteiger partial charge is 0.421 e. The summed E-state index contributed by atoms with van der Waals surface area (Å²) in [7, 11) is 1.63. The molecule has 0 aliphatic carbocycles. The smallest absolute Gasteiger partial charge is 0.154 e. The Hall–Kier alpha value is -1.71. The Bertz CT molecular complexity index is 869. The zero-order chi connectivity index (χ0) is 16.7. The SMILES string of the molecule is CC(C)(C)C1=CC2=S(OC(c3ccccc3)=C2c2ccccc2)S1. The summed E-state index contributed by atoms with van der Waals surface area (Å²) in [6.45, 7) is 6.80. The Kier molecular flexibility index (Phi) is 3.93. The molecule has 2 aromatic carbocycles. The van der Waals surface area contributed by atoms with Gasteiger partial charge in [-0.05, 0) is 27.8 Å². The van der Waals surface area contributed by atoms with E-state index in [0.717, 1.165) is 11.3 Å². The van der Waals surface area contributed by atoms with Crippen molar-refractivity contribution in [3.63, 3.8) is 0 Å². The third-order valence-corrected chi connectivity index (χ3v) is 7.87. The molecular weight excluding hydrogens is 332 g/mol. The fourth-order valence-corrected chi connectivity index (χ4v) is 6.91. The van der Waals surface area contributed by atoms with Gasteiger partial charge in [-0.15, -0.1) is 0 Å². The molecule has 2 aliphatic heterocycles. The molecule has 0 N–H and O–H groups in total. The summed E-state index contributed by atoms with van der Waals surface area (Å²) in [5.41, 5.74) is 3.79. The molecule has 2 heterocycles. The molecule has 0 aromatic heterocycles. The van der Waals surface area contributed by atoms with Gasteiger partial charge >= 0.3 is 0 Å². The van der Waals surface area contributed by atoms with Crippen molar-refractivity contribution in [2.45, 2.75) is 20.8 Å². The van der Waals surface area contributed by atoms with E-state index in [4.69, 9.17) is 4.18 Å². The van der Waals surface area contributed by atoms with Crippen molar-refractivity contribution in [3.8, 4) is 0 Å². The van der Waals surface area contributed by atoms with Gasteiger partial charge in [0.05, 0.1) is 14.7 Å². The predicted octanol–water partition coefficient (Wildman–Crippen LogP) is 6.53. The number of hydrogen-bond donors (Lipinski definition) is 0. The number of hydrogen-bond acceptors (Lipinski definition) is 2. The van der Waals surface area contributed by atoms with E-state index in [1.165, 1.54) is 20.9 Å². The number of allylic oxidation sites excluding steroid dienone is 3. The zero-order valence-electron chi connectivity index (χ0n) is 14.1. The van der Waals surface area contributed by atoms with Gasteiger partial charge in [0.1, 0.15) is 0 Å². The molecule has 1 atom stereocenters. The van der Waals surface area contributed by atoms with Crippen LogP contribution in [-0.2, 0) is 4.18 Å². The van der Waals surface area contributed by atoms with E-state index >= 15 is 0 Å². The third kappa shape index (κ3) is 2.76. The summed E-state index contributed by atoms with van der Waals surface area (Å²) in [6.07, 6.45) is 2.35. The molecule has 1 nitrogen and oxygen atoms in total. The van der Waals surface area contributed by atoms with E-state index in [0.29, 0.717) is 0 Å². The lowest BCUT2D eigenvalue weighted by molar-refractivity contribution is 0.534. The highest BCUT2D eigenvalue weighted by molar-refractivity contribution is 8.84. The third-order valence-electron chi connectivity index (χ3n) is 4.08. The highest BCUT2D eigenvalue weighted by Crippen LogP contribution is 2.59. The second-order valence-electron chi connectivity index (χ2n) is 6.96. The predicted molar refractivity (Wildman–Crippen MR) is 109 cm³/mol. The Morgan fingerprint density at radius 1 is 0.833 bits per heavy atom. The van der Waals surface area contributed by atoms with Gasteiger partial charge in [-0.25, -0.2) is 0 Å². The maximum Gasteiger partial charge on any atom is 0.154 e. The monoisotopic (exact) mass is 352 g/mol. The first-order valence-electron chi connectivity index (χ1n) is 8.09. The van der Waals surface area contributed by atoms with Crippen LogP contribution in [0.15, 0.2) is 71.6 Å². The Balaban J connectivity index is 1.87. The molecule has 2 aromatic rings. The van der Waals surface area contributed by atoms with Crippen LogP contribution < -0.4 is 0 Å². The summed E-state index contributed by atoms with van der Waals surface area (Å²) >= 11 is 0. The minimum Gasteiger partial charge on any atom is -0.421 e. The van der Waals surface area contributed by atoms with Crippen molar-refractivity contribution in [2.75, 3.05) is 0 Å². The van der Waals surface area contributed by atoms with Crippen LogP contribution in [0.3, 0.4) is 0 Å². The molecule has 2 aliphatic rings. The van der Waals surface area contributed by atoms with Crippen molar-refractivity contribution in [3.05, 3.63) is 82.8 Å². The average Bonchev–Trinajstić information content (AvgIpc) is 3.14. The van der Waals surface area contributed by atoms with Crippen molar-refractivity contribution < 1.29 is 4.18 Å². The molecule has 0 bridgehead atoms. The summed E-state index contributed by atoms with van der Waals surface area (Å²) < 4.78 is 6.45. The fourth-order valence-electron chi connectivity index (χ4n) is 2.77. The lowest BCUT2D eigenvalue weighted by atomic mass is 9.92. The van der Waals surface area contributed by atoms with Crippen LogP contribution in [0.4, 0.5) is 0 Å². The van der Waals surface area contributed by atoms with E-state index in [-0.39, 0.29) is 15.2 Å². The van der Waals surface area contributed by atoms with Crippen LogP contribution in [0.1, 0.15) is 31.9 Å². The molecule has 0 spiro atoms. The molecule has 1 unspecified atom stereocenters. The molecule has 122 valence electrons. The van der Waals surface area contributed by atoms with Crippen LogP contribution in [0.5, 0.6) is 0 Å². The average molecular weight is 353 g/mol. The lowest BCUT2D eigenvalue weighted by Gasteiger charge is -2.20. The molecule has 3 heteroatoms. The van der Waals surface area contributed by atoms with Crippen molar-refractivity contribution in [1.82, 2.24) is 0 Å². The molecular formula is C21H20OS2. The van der Waals surface area contributed by atoms with Crippen LogP contribution in [0, 0.1) is 5.41 Å². The van der Waals surface area contributed by atoms with Gasteiger partial charge in [0.2, 0.25) is 0 Å². The first kappa shape index (κ1) is 15.8. The molecule has 4 rings (SSSR count). The maximum absolute atomic E-state index is 6.45. The van der Waals surface area contributed by atoms with Gasteiger partial charge in [-0.1, -0.05) is 81.4 Å². The highest BCUT2D eigenvalue weighted by atomic mass is 33.1. The van der Waals surface area contributed by atoms with Crippen LogP contribution in [0.2, 0.25) is 0 Å². The summed E-state index contributed by atoms with van der Waals surface area (Å²) in [6, 6.07) is 21.0. The highest BCUT2D eigenvalue weighted by Gasteiger charge is 2.35. The van der Waals surface area contributed by atoms with Crippen LogP contribution in [-0.4, -0.2) is 4.86 Å². The van der Waals surface area contributed by atoms with Gasteiger partial charge in [-0.3, -0.25) is 0 Å². The number of rotatable bonds is 2. The Morgan fingerprint density at radius 2 is 1.42 bits per heavy atom. The number of benzene rings is 2. The Labute approximate surface area is 150 Å². The minimum absolute atomic E-state index is 0.160. The van der Waals surface area contributed by atoms with E-state index in [2.05, 4.69) is 81.4 Å². The summed E-state index contributed by atoms with van der Waals surface area (Å²) in [5, 5.41) is 0. The topological polar surface area (TPSA) is 9.23 Å². The fraction of sp³-hybridized carbons (Fsp3) is 0.190. The van der Waals surface area contributed by atoms with E-state index in [1.807, 2.05) is 16.9 Å². The standard InChI is InChI=1S/C21H20OS2/c1-21(2,3)18-14-17-19(15-10-6-4-7-11-15)20(22-24(17)23-18)16-12-8-5-9-13-16/h4-14H,1-3H3. The van der Waals surface area contributed by atoms with Gasteiger partial charge < -0.3 is 4.18 Å². The maximum atomic E-state index is 6.45. The van der Waals surface area contributed by atoms with Gasteiger partial charge in [0.25, 0.3) is 0 Å². The van der Waals surface area contributed by atoms with Crippen molar-refractivity contribution in [1.29, 1.82) is 0 Å². The normalized spacial score (nSPS) is 20.0. The molecule has 0 fully saturated rings. The molecule has 0 radical (unpaired) electrons. The van der Waals surface area contributed by atoms with E-state index in [9.17, 15) is 0 Å². The quantitative estimate of drug-likeness (QED) is 0.449. The summed E-state index contributed by atoms with van der Waals surface area (Å²) in [4.78, 5) is 2.73.